The van der Waals surface area contributed by atoms with Crippen LogP contribution in [-0.4, -0.2) is 44.6 Å². The zero-order chi connectivity index (χ0) is 23.8. The number of pyridine rings is 1. The highest BCUT2D eigenvalue weighted by molar-refractivity contribution is 6.04. The van der Waals surface area contributed by atoms with Crippen LogP contribution in [0.25, 0.3) is 16.9 Å². The number of rotatable bonds is 4. The van der Waals surface area contributed by atoms with Gasteiger partial charge in [-0.1, -0.05) is 6.07 Å². The molecular formula is C23H20F3N7O. The Morgan fingerprint density at radius 2 is 1.88 bits per heavy atom. The van der Waals surface area contributed by atoms with E-state index in [4.69, 9.17) is 5.73 Å². The molecule has 0 radical (unpaired) electrons. The van der Waals surface area contributed by atoms with E-state index in [9.17, 15) is 18.0 Å². The lowest BCUT2D eigenvalue weighted by molar-refractivity contribution is 0.102. The predicted octanol–water partition coefficient (Wildman–Crippen LogP) is 3.39. The molecule has 4 aromatic rings. The molecule has 8 nitrogen and oxygen atoms in total. The van der Waals surface area contributed by atoms with E-state index in [0.29, 0.717) is 30.2 Å². The summed E-state index contributed by atoms with van der Waals surface area (Å²) in [4.78, 5) is 23.3. The Morgan fingerprint density at radius 3 is 2.65 bits per heavy atom. The summed E-state index contributed by atoms with van der Waals surface area (Å²) in [6.07, 6.45) is 4.85. The summed E-state index contributed by atoms with van der Waals surface area (Å²) in [5.41, 5.74) is 5.63. The third-order valence-electron chi connectivity index (χ3n) is 5.67. The number of amides is 1. The van der Waals surface area contributed by atoms with Crippen LogP contribution in [0, 0.1) is 17.5 Å². The third kappa shape index (κ3) is 3.94. The predicted molar refractivity (Wildman–Crippen MR) is 120 cm³/mol. The third-order valence-corrected chi connectivity index (χ3v) is 5.67. The first-order valence-corrected chi connectivity index (χ1v) is 10.7. The van der Waals surface area contributed by atoms with Crippen molar-refractivity contribution in [3.05, 3.63) is 71.9 Å². The number of anilines is 2. The fourth-order valence-electron chi connectivity index (χ4n) is 4.11. The van der Waals surface area contributed by atoms with Gasteiger partial charge in [0, 0.05) is 25.2 Å². The maximum Gasteiger partial charge on any atom is 0.274 e. The molecule has 3 aromatic heterocycles. The number of piperidine rings is 1. The zero-order valence-electron chi connectivity index (χ0n) is 17.9. The Hall–Kier alpha value is -3.99. The van der Waals surface area contributed by atoms with Crippen molar-refractivity contribution in [3.8, 4) is 11.3 Å². The second-order valence-electron chi connectivity index (χ2n) is 8.02. The molecule has 1 aliphatic heterocycles. The minimum Gasteiger partial charge on any atom is -0.353 e. The van der Waals surface area contributed by atoms with E-state index in [1.165, 1.54) is 6.20 Å². The maximum absolute atomic E-state index is 14.4. The van der Waals surface area contributed by atoms with Crippen molar-refractivity contribution >= 4 is 23.1 Å². The van der Waals surface area contributed by atoms with E-state index >= 15 is 0 Å². The minimum absolute atomic E-state index is 0.0342. The first-order chi connectivity index (χ1) is 16.4. The molecule has 0 saturated carbocycles. The fourth-order valence-corrected chi connectivity index (χ4v) is 4.11. The van der Waals surface area contributed by atoms with Gasteiger partial charge in [0.05, 0.1) is 18.0 Å². The molecule has 0 aliphatic carbocycles. The van der Waals surface area contributed by atoms with E-state index in [-0.39, 0.29) is 11.7 Å². The molecule has 1 atom stereocenters. The van der Waals surface area contributed by atoms with Gasteiger partial charge in [-0.15, -0.1) is 0 Å². The molecule has 1 aromatic carbocycles. The molecule has 174 valence electrons. The highest BCUT2D eigenvalue weighted by Gasteiger charge is 2.25. The van der Waals surface area contributed by atoms with Crippen molar-refractivity contribution in [2.24, 2.45) is 5.73 Å². The van der Waals surface area contributed by atoms with Crippen LogP contribution in [0.4, 0.5) is 24.7 Å². The monoisotopic (exact) mass is 467 g/mol. The molecule has 3 N–H and O–H groups in total. The van der Waals surface area contributed by atoms with Gasteiger partial charge in [-0.05, 0) is 37.1 Å². The van der Waals surface area contributed by atoms with Crippen LogP contribution in [0.2, 0.25) is 0 Å². The number of aromatic nitrogens is 4. The molecule has 11 heteroatoms. The first kappa shape index (κ1) is 21.8. The number of nitrogens with two attached hydrogens (primary N) is 1. The number of benzene rings is 1. The Labute approximate surface area is 192 Å². The molecule has 1 saturated heterocycles. The maximum atomic E-state index is 14.4. The van der Waals surface area contributed by atoms with E-state index in [1.807, 2.05) is 4.90 Å². The fraction of sp³-hybridized carbons (Fsp3) is 0.217. The number of hydrogen-bond acceptors (Lipinski definition) is 6. The second-order valence-corrected chi connectivity index (χ2v) is 8.02. The molecule has 1 amide bonds. The van der Waals surface area contributed by atoms with E-state index in [0.717, 1.165) is 43.2 Å². The summed E-state index contributed by atoms with van der Waals surface area (Å²) in [6.45, 7) is 1.27. The molecule has 1 aliphatic rings. The van der Waals surface area contributed by atoms with Crippen LogP contribution < -0.4 is 16.0 Å². The van der Waals surface area contributed by atoms with Crippen molar-refractivity contribution < 1.29 is 18.0 Å². The standard InChI is InChI=1S/C23H20F3N7O/c24-14-4-1-5-15(25)20(14)21-16(26)6-7-17(30-21)22(34)31-18-11-28-19-8-9-29-33(19)23(18)32-10-2-3-13(27)12-32/h1,4-9,11,13H,2-3,10,12,27H2,(H,31,34)/t13-/m0/s1. The van der Waals surface area contributed by atoms with Crippen LogP contribution in [0.5, 0.6) is 0 Å². The van der Waals surface area contributed by atoms with E-state index in [2.05, 4.69) is 20.4 Å². The van der Waals surface area contributed by atoms with Crippen molar-refractivity contribution in [2.75, 3.05) is 23.3 Å². The second kappa shape index (κ2) is 8.75. The van der Waals surface area contributed by atoms with Gasteiger partial charge in [-0.25, -0.2) is 23.1 Å². The van der Waals surface area contributed by atoms with Gasteiger partial charge < -0.3 is 16.0 Å². The smallest absolute Gasteiger partial charge is 0.274 e. The highest BCUT2D eigenvalue weighted by atomic mass is 19.1. The van der Waals surface area contributed by atoms with Crippen LogP contribution in [0.1, 0.15) is 23.3 Å². The zero-order valence-corrected chi connectivity index (χ0v) is 17.9. The van der Waals surface area contributed by atoms with Crippen LogP contribution >= 0.6 is 0 Å². The Morgan fingerprint density at radius 1 is 1.09 bits per heavy atom. The Balaban J connectivity index is 1.52. The van der Waals surface area contributed by atoms with Crippen molar-refractivity contribution in [1.82, 2.24) is 19.6 Å². The molecule has 5 rings (SSSR count). The topological polar surface area (TPSA) is 101 Å². The van der Waals surface area contributed by atoms with Crippen LogP contribution in [0.3, 0.4) is 0 Å². The Bertz CT molecular complexity index is 1370. The normalized spacial score (nSPS) is 16.1. The minimum atomic E-state index is -0.985. The van der Waals surface area contributed by atoms with Crippen LogP contribution in [0.15, 0.2) is 48.8 Å². The molecule has 0 bridgehead atoms. The number of nitrogens with zero attached hydrogens (tertiary/aromatic N) is 5. The van der Waals surface area contributed by atoms with Crippen molar-refractivity contribution in [3.63, 3.8) is 0 Å². The number of carbonyl (C=O) groups excluding carboxylic acids is 1. The number of carbonyl (C=O) groups is 1. The lowest BCUT2D eigenvalue weighted by atomic mass is 10.1. The van der Waals surface area contributed by atoms with Gasteiger partial charge in [0.1, 0.15) is 34.5 Å². The largest absolute Gasteiger partial charge is 0.353 e. The average molecular weight is 467 g/mol. The summed E-state index contributed by atoms with van der Waals surface area (Å²) in [5.74, 6) is -3.03. The number of hydrogen-bond donors (Lipinski definition) is 2. The van der Waals surface area contributed by atoms with Gasteiger partial charge in [0.15, 0.2) is 11.5 Å². The molecule has 4 heterocycles. The van der Waals surface area contributed by atoms with Gasteiger partial charge >= 0.3 is 0 Å². The highest BCUT2D eigenvalue weighted by Crippen LogP contribution is 2.30. The first-order valence-electron chi connectivity index (χ1n) is 10.7. The van der Waals surface area contributed by atoms with Gasteiger partial charge in [-0.2, -0.15) is 9.61 Å². The summed E-state index contributed by atoms with van der Waals surface area (Å²) in [6, 6.07) is 6.93. The summed E-state index contributed by atoms with van der Waals surface area (Å²) in [7, 11) is 0. The molecular weight excluding hydrogens is 447 g/mol. The SMILES string of the molecule is N[C@H]1CCCN(c2c(NC(=O)c3ccc(F)c(-c4c(F)cccc4F)n3)cnc3ccnn23)C1. The quantitative estimate of drug-likeness (QED) is 0.477. The molecule has 34 heavy (non-hydrogen) atoms. The average Bonchev–Trinajstić information content (AvgIpc) is 3.28. The lowest BCUT2D eigenvalue weighted by Gasteiger charge is -2.33. The molecule has 1 fully saturated rings. The lowest BCUT2D eigenvalue weighted by Crippen LogP contribution is -2.44. The number of fused-ring (bicyclic) bond motifs is 1. The Kier molecular flexibility index (Phi) is 5.62. The van der Waals surface area contributed by atoms with Gasteiger partial charge in [-0.3, -0.25) is 4.79 Å². The van der Waals surface area contributed by atoms with Gasteiger partial charge in [0.25, 0.3) is 5.91 Å². The summed E-state index contributed by atoms with van der Waals surface area (Å²) >= 11 is 0. The van der Waals surface area contributed by atoms with Crippen LogP contribution in [-0.2, 0) is 0 Å². The van der Waals surface area contributed by atoms with Gasteiger partial charge in [0.2, 0.25) is 0 Å². The summed E-state index contributed by atoms with van der Waals surface area (Å²) < 4.78 is 44.5. The molecule has 0 spiro atoms. The molecule has 0 unspecified atom stereocenters. The van der Waals surface area contributed by atoms with Crippen molar-refractivity contribution in [1.29, 1.82) is 0 Å². The summed E-state index contributed by atoms with van der Waals surface area (Å²) in [5, 5.41) is 7.05. The van der Waals surface area contributed by atoms with E-state index < -0.39 is 34.6 Å². The number of nitrogens with one attached hydrogen (secondary N) is 1. The van der Waals surface area contributed by atoms with Crippen molar-refractivity contribution in [2.45, 2.75) is 18.9 Å². The number of halogens is 3. The van der Waals surface area contributed by atoms with E-state index in [1.54, 1.807) is 16.8 Å².